The van der Waals surface area contributed by atoms with Gasteiger partial charge in [-0.3, -0.25) is 4.79 Å². The van der Waals surface area contributed by atoms with Crippen molar-refractivity contribution in [2.45, 2.75) is 18.7 Å². The van der Waals surface area contributed by atoms with Crippen LogP contribution in [0.15, 0.2) is 17.0 Å². The molecule has 1 aromatic carbocycles. The van der Waals surface area contributed by atoms with Crippen LogP contribution in [-0.2, 0) is 19.6 Å². The summed E-state index contributed by atoms with van der Waals surface area (Å²) in [7, 11) is -2.38. The molecule has 2 N–H and O–H groups in total. The quantitative estimate of drug-likeness (QED) is 0.716. The number of aryl methyl sites for hydroxylation is 2. The fourth-order valence-electron chi connectivity index (χ4n) is 1.91. The highest BCUT2D eigenvalue weighted by Crippen LogP contribution is 2.20. The Morgan fingerprint density at radius 3 is 2.38 bits per heavy atom. The van der Waals surface area contributed by atoms with Crippen LogP contribution in [0.4, 0.5) is 4.39 Å². The minimum absolute atomic E-state index is 0.00593. The third kappa shape index (κ3) is 5.07. The molecule has 8 heteroatoms. The van der Waals surface area contributed by atoms with E-state index >= 15 is 0 Å². The molecular weight excluding hydrogens is 299 g/mol. The van der Waals surface area contributed by atoms with E-state index in [9.17, 15) is 17.6 Å². The maximum absolute atomic E-state index is 13.2. The Labute approximate surface area is 123 Å². The predicted molar refractivity (Wildman–Crippen MR) is 75.9 cm³/mol. The van der Waals surface area contributed by atoms with Crippen molar-refractivity contribution >= 4 is 15.9 Å². The first-order valence-electron chi connectivity index (χ1n) is 6.30. The molecule has 0 radical (unpaired) electrons. The average molecular weight is 318 g/mol. The first-order chi connectivity index (χ1) is 9.77. The summed E-state index contributed by atoms with van der Waals surface area (Å²) in [5.41, 5.74) is 0.583. The Morgan fingerprint density at radius 1 is 1.29 bits per heavy atom. The second-order valence-corrected chi connectivity index (χ2v) is 6.24. The summed E-state index contributed by atoms with van der Waals surface area (Å²) in [5.74, 6) is -0.964. The minimum Gasteiger partial charge on any atom is -0.383 e. The van der Waals surface area contributed by atoms with Gasteiger partial charge < -0.3 is 10.1 Å². The van der Waals surface area contributed by atoms with Crippen molar-refractivity contribution in [3.8, 4) is 0 Å². The highest BCUT2D eigenvalue weighted by molar-refractivity contribution is 7.89. The van der Waals surface area contributed by atoms with E-state index in [1.807, 2.05) is 0 Å². The fraction of sp³-hybridized carbons (Fsp3) is 0.462. The Bertz CT molecular complexity index is 594. The topological polar surface area (TPSA) is 84.5 Å². The van der Waals surface area contributed by atoms with Gasteiger partial charge in [-0.1, -0.05) is 0 Å². The van der Waals surface area contributed by atoms with Crippen LogP contribution < -0.4 is 10.0 Å². The lowest BCUT2D eigenvalue weighted by molar-refractivity contribution is -0.120. The van der Waals surface area contributed by atoms with Crippen LogP contribution in [0.1, 0.15) is 11.1 Å². The summed E-state index contributed by atoms with van der Waals surface area (Å²) >= 11 is 0. The van der Waals surface area contributed by atoms with E-state index in [4.69, 9.17) is 4.74 Å². The molecule has 6 nitrogen and oxygen atoms in total. The summed E-state index contributed by atoms with van der Waals surface area (Å²) in [6, 6.07) is 2.28. The number of nitrogens with one attached hydrogen (secondary N) is 2. The highest BCUT2D eigenvalue weighted by Gasteiger charge is 2.21. The molecule has 0 atom stereocenters. The van der Waals surface area contributed by atoms with Crippen molar-refractivity contribution < 1.29 is 22.3 Å². The SMILES string of the molecule is COCCNC(=O)CNS(=O)(=O)c1c(C)cc(F)cc1C. The lowest BCUT2D eigenvalue weighted by Crippen LogP contribution is -2.38. The monoisotopic (exact) mass is 318 g/mol. The summed E-state index contributed by atoms with van der Waals surface area (Å²) in [6.07, 6.45) is 0. The van der Waals surface area contributed by atoms with E-state index < -0.39 is 21.7 Å². The van der Waals surface area contributed by atoms with Crippen molar-refractivity contribution in [1.29, 1.82) is 0 Å². The first-order valence-corrected chi connectivity index (χ1v) is 7.78. The Balaban J connectivity index is 2.77. The standard InChI is InChI=1S/C13H19FN2O4S/c1-9-6-11(14)7-10(2)13(9)21(18,19)16-8-12(17)15-4-5-20-3/h6-7,16H,4-5,8H2,1-3H3,(H,15,17). The molecule has 118 valence electrons. The number of ether oxygens (including phenoxy) is 1. The van der Waals surface area contributed by atoms with E-state index in [2.05, 4.69) is 10.0 Å². The second kappa shape index (κ2) is 7.48. The van der Waals surface area contributed by atoms with Crippen LogP contribution in [0.2, 0.25) is 0 Å². The van der Waals surface area contributed by atoms with Gasteiger partial charge in [-0.2, -0.15) is 0 Å². The van der Waals surface area contributed by atoms with Gasteiger partial charge in [0.25, 0.3) is 0 Å². The van der Waals surface area contributed by atoms with E-state index in [0.717, 1.165) is 12.1 Å². The molecule has 0 aliphatic carbocycles. The van der Waals surface area contributed by atoms with Gasteiger partial charge >= 0.3 is 0 Å². The number of methoxy groups -OCH3 is 1. The zero-order valence-corrected chi connectivity index (χ0v) is 13.0. The van der Waals surface area contributed by atoms with Crippen molar-refractivity contribution in [2.24, 2.45) is 0 Å². The maximum atomic E-state index is 13.2. The molecule has 0 heterocycles. The highest BCUT2D eigenvalue weighted by atomic mass is 32.2. The van der Waals surface area contributed by atoms with Gasteiger partial charge in [0.2, 0.25) is 15.9 Å². The molecule has 0 saturated heterocycles. The van der Waals surface area contributed by atoms with Crippen molar-refractivity contribution in [3.63, 3.8) is 0 Å². The van der Waals surface area contributed by atoms with Gasteiger partial charge in [0.15, 0.2) is 0 Å². The van der Waals surface area contributed by atoms with E-state index in [1.54, 1.807) is 0 Å². The predicted octanol–water partition coefficient (Wildman–Crippen LogP) is 0.483. The van der Waals surface area contributed by atoms with Gasteiger partial charge in [-0.25, -0.2) is 17.5 Å². The van der Waals surface area contributed by atoms with Crippen LogP contribution in [0.5, 0.6) is 0 Å². The molecule has 1 rings (SSSR count). The average Bonchev–Trinajstić information content (AvgIpc) is 2.35. The number of hydrogen-bond acceptors (Lipinski definition) is 4. The molecule has 0 aliphatic heterocycles. The largest absolute Gasteiger partial charge is 0.383 e. The zero-order chi connectivity index (χ0) is 16.0. The summed E-state index contributed by atoms with van der Waals surface area (Å²) in [6.45, 7) is 3.26. The molecule has 0 saturated carbocycles. The normalized spacial score (nSPS) is 11.4. The van der Waals surface area contributed by atoms with Crippen molar-refractivity contribution in [1.82, 2.24) is 10.0 Å². The number of halogens is 1. The summed E-state index contributed by atoms with van der Waals surface area (Å²) in [5, 5.41) is 2.50. The molecule has 1 amide bonds. The third-order valence-electron chi connectivity index (χ3n) is 2.74. The second-order valence-electron chi connectivity index (χ2n) is 4.54. The number of carbonyl (C=O) groups is 1. The van der Waals surface area contributed by atoms with E-state index in [0.29, 0.717) is 24.3 Å². The molecule has 1 aromatic rings. The van der Waals surface area contributed by atoms with Gasteiger partial charge in [0.05, 0.1) is 18.0 Å². The molecule has 0 aromatic heterocycles. The number of amides is 1. The molecule has 0 fully saturated rings. The molecule has 0 spiro atoms. The molecule has 0 bridgehead atoms. The molecular formula is C13H19FN2O4S. The van der Waals surface area contributed by atoms with E-state index in [1.165, 1.54) is 21.0 Å². The van der Waals surface area contributed by atoms with Crippen LogP contribution in [0, 0.1) is 19.7 Å². The van der Waals surface area contributed by atoms with E-state index in [-0.39, 0.29) is 11.4 Å². The van der Waals surface area contributed by atoms with Crippen molar-refractivity contribution in [3.05, 3.63) is 29.1 Å². The van der Waals surface area contributed by atoms with Crippen LogP contribution in [0.3, 0.4) is 0 Å². The van der Waals surface area contributed by atoms with Crippen molar-refractivity contribution in [2.75, 3.05) is 26.8 Å². The zero-order valence-electron chi connectivity index (χ0n) is 12.2. The molecule has 21 heavy (non-hydrogen) atoms. The Morgan fingerprint density at radius 2 is 1.86 bits per heavy atom. The lowest BCUT2D eigenvalue weighted by atomic mass is 10.1. The first kappa shape index (κ1) is 17.5. The number of sulfonamides is 1. The number of benzene rings is 1. The van der Waals surface area contributed by atoms with Gasteiger partial charge in [-0.15, -0.1) is 0 Å². The summed E-state index contributed by atoms with van der Waals surface area (Å²) in [4.78, 5) is 11.5. The van der Waals surface area contributed by atoms with Gasteiger partial charge in [0.1, 0.15) is 5.82 Å². The Kier molecular flexibility index (Phi) is 6.25. The lowest BCUT2D eigenvalue weighted by Gasteiger charge is -2.12. The van der Waals surface area contributed by atoms with Crippen LogP contribution >= 0.6 is 0 Å². The van der Waals surface area contributed by atoms with Crippen LogP contribution in [0.25, 0.3) is 0 Å². The number of rotatable bonds is 7. The Hall–Kier alpha value is -1.51. The molecule has 0 unspecified atom stereocenters. The van der Waals surface area contributed by atoms with Gasteiger partial charge in [0, 0.05) is 13.7 Å². The number of hydrogen-bond donors (Lipinski definition) is 2. The summed E-state index contributed by atoms with van der Waals surface area (Å²) < 4.78 is 44.5. The molecule has 0 aliphatic rings. The maximum Gasteiger partial charge on any atom is 0.241 e. The number of carbonyl (C=O) groups excluding carboxylic acids is 1. The fourth-order valence-corrected chi connectivity index (χ4v) is 3.34. The van der Waals surface area contributed by atoms with Gasteiger partial charge in [-0.05, 0) is 37.1 Å². The minimum atomic E-state index is -3.87. The third-order valence-corrected chi connectivity index (χ3v) is 4.45. The van der Waals surface area contributed by atoms with Crippen LogP contribution in [-0.4, -0.2) is 41.1 Å². The smallest absolute Gasteiger partial charge is 0.241 e.